The van der Waals surface area contributed by atoms with E-state index in [0.29, 0.717) is 0 Å². The molecular weight excluding hydrogens is 368 g/mol. The molecule has 9 heteroatoms. The highest BCUT2D eigenvalue weighted by atomic mass is 35.5. The van der Waals surface area contributed by atoms with Gasteiger partial charge in [-0.05, 0) is 30.3 Å². The van der Waals surface area contributed by atoms with E-state index in [1.807, 2.05) is 0 Å². The second kappa shape index (κ2) is 8.00. The number of anilines is 1. The second-order valence-corrected chi connectivity index (χ2v) is 6.96. The number of hydrogen-bond donors (Lipinski definition) is 2. The Hall–Kier alpha value is -2.58. The van der Waals surface area contributed by atoms with E-state index in [1.54, 1.807) is 18.2 Å². The van der Waals surface area contributed by atoms with E-state index in [2.05, 4.69) is 14.8 Å². The number of ether oxygens (including phenoxy) is 1. The quantitative estimate of drug-likeness (QED) is 0.744. The third-order valence-electron chi connectivity index (χ3n) is 3.15. The summed E-state index contributed by atoms with van der Waals surface area (Å²) in [5.74, 6) is -1.21. The molecule has 0 aliphatic rings. The summed E-state index contributed by atoms with van der Waals surface area (Å²) < 4.78 is 31.7. The molecule has 132 valence electrons. The number of nitrogens with one attached hydrogen (secondary N) is 2. The molecule has 0 saturated heterocycles. The average molecular weight is 383 g/mol. The van der Waals surface area contributed by atoms with Crippen molar-refractivity contribution in [3.8, 4) is 0 Å². The van der Waals surface area contributed by atoms with E-state index in [9.17, 15) is 18.0 Å². The number of rotatable bonds is 6. The van der Waals surface area contributed by atoms with Crippen molar-refractivity contribution in [1.82, 2.24) is 5.32 Å². The molecule has 0 radical (unpaired) electrons. The molecule has 0 atom stereocenters. The standard InChI is InChI=1S/C16H15ClN2O5S/c1-24-15(20)10-18-16(21)11-5-4-6-12(9-11)25(22,23)19-14-8-3-2-7-13(14)17/h2-9,19H,10H2,1H3,(H,18,21). The first-order chi connectivity index (χ1) is 11.8. The molecule has 0 spiro atoms. The SMILES string of the molecule is COC(=O)CNC(=O)c1cccc(S(=O)(=O)Nc2ccccc2Cl)c1. The van der Waals surface area contributed by atoms with Crippen molar-refractivity contribution in [3.63, 3.8) is 0 Å². The fraction of sp³-hybridized carbons (Fsp3) is 0.125. The number of halogens is 1. The van der Waals surface area contributed by atoms with E-state index in [-0.39, 0.29) is 27.7 Å². The molecule has 0 aliphatic carbocycles. The zero-order valence-corrected chi connectivity index (χ0v) is 14.7. The highest BCUT2D eigenvalue weighted by Crippen LogP contribution is 2.24. The lowest BCUT2D eigenvalue weighted by molar-refractivity contribution is -0.139. The third kappa shape index (κ3) is 4.94. The van der Waals surface area contributed by atoms with Gasteiger partial charge >= 0.3 is 5.97 Å². The Bertz CT molecular complexity index is 899. The van der Waals surface area contributed by atoms with Gasteiger partial charge in [-0.2, -0.15) is 0 Å². The van der Waals surface area contributed by atoms with Crippen LogP contribution in [-0.2, 0) is 19.6 Å². The van der Waals surface area contributed by atoms with Gasteiger partial charge in [0.15, 0.2) is 0 Å². The van der Waals surface area contributed by atoms with Gasteiger partial charge in [0, 0.05) is 5.56 Å². The summed E-state index contributed by atoms with van der Waals surface area (Å²) in [6.45, 7) is -0.315. The van der Waals surface area contributed by atoms with Gasteiger partial charge in [0.25, 0.3) is 15.9 Å². The molecular formula is C16H15ClN2O5S. The molecule has 1 amide bonds. The molecule has 0 saturated carbocycles. The van der Waals surface area contributed by atoms with Gasteiger partial charge in [0.2, 0.25) is 0 Å². The number of carbonyl (C=O) groups is 2. The van der Waals surface area contributed by atoms with Crippen molar-refractivity contribution in [3.05, 3.63) is 59.1 Å². The van der Waals surface area contributed by atoms with Crippen molar-refractivity contribution in [1.29, 1.82) is 0 Å². The smallest absolute Gasteiger partial charge is 0.325 e. The Morgan fingerprint density at radius 1 is 1.12 bits per heavy atom. The molecule has 25 heavy (non-hydrogen) atoms. The van der Waals surface area contributed by atoms with E-state index in [4.69, 9.17) is 11.6 Å². The van der Waals surface area contributed by atoms with Crippen molar-refractivity contribution in [2.75, 3.05) is 18.4 Å². The lowest BCUT2D eigenvalue weighted by atomic mass is 10.2. The van der Waals surface area contributed by atoms with Crippen molar-refractivity contribution < 1.29 is 22.7 Å². The second-order valence-electron chi connectivity index (χ2n) is 4.87. The fourth-order valence-electron chi connectivity index (χ4n) is 1.88. The van der Waals surface area contributed by atoms with Crippen LogP contribution in [0.5, 0.6) is 0 Å². The summed E-state index contributed by atoms with van der Waals surface area (Å²) in [7, 11) is -2.74. The zero-order chi connectivity index (χ0) is 18.4. The van der Waals surface area contributed by atoms with Crippen molar-refractivity contribution in [2.45, 2.75) is 4.90 Å². The lowest BCUT2D eigenvalue weighted by Crippen LogP contribution is -2.30. The molecule has 0 unspecified atom stereocenters. The van der Waals surface area contributed by atoms with Crippen LogP contribution in [0.15, 0.2) is 53.4 Å². The Morgan fingerprint density at radius 2 is 1.84 bits per heavy atom. The number of benzene rings is 2. The van der Waals surface area contributed by atoms with Gasteiger partial charge in [-0.1, -0.05) is 29.8 Å². The minimum atomic E-state index is -3.93. The summed E-state index contributed by atoms with van der Waals surface area (Å²) in [6.07, 6.45) is 0. The summed E-state index contributed by atoms with van der Waals surface area (Å²) in [5.41, 5.74) is 0.315. The molecule has 7 nitrogen and oxygen atoms in total. The molecule has 0 fully saturated rings. The monoisotopic (exact) mass is 382 g/mol. The summed E-state index contributed by atoms with van der Waals surface area (Å²) in [4.78, 5) is 22.9. The number of hydrogen-bond acceptors (Lipinski definition) is 5. The Kier molecular flexibility index (Phi) is 6.00. The first kappa shape index (κ1) is 18.8. The Balaban J connectivity index is 2.21. The summed E-state index contributed by atoms with van der Waals surface area (Å²) >= 11 is 5.95. The maximum atomic E-state index is 12.5. The first-order valence-corrected chi connectivity index (χ1v) is 8.92. The number of para-hydroxylation sites is 1. The molecule has 0 aromatic heterocycles. The zero-order valence-electron chi connectivity index (χ0n) is 13.2. The highest BCUT2D eigenvalue weighted by Gasteiger charge is 2.18. The van der Waals surface area contributed by atoms with Crippen LogP contribution in [0.1, 0.15) is 10.4 Å². The van der Waals surface area contributed by atoms with Gasteiger partial charge in [-0.15, -0.1) is 0 Å². The molecule has 0 heterocycles. The van der Waals surface area contributed by atoms with Crippen LogP contribution in [0, 0.1) is 0 Å². The van der Waals surface area contributed by atoms with Crippen LogP contribution < -0.4 is 10.0 Å². The number of amides is 1. The van der Waals surface area contributed by atoms with Crippen LogP contribution in [0.4, 0.5) is 5.69 Å². The number of sulfonamides is 1. The Labute approximate surface area is 150 Å². The van der Waals surface area contributed by atoms with E-state index >= 15 is 0 Å². The van der Waals surface area contributed by atoms with Crippen LogP contribution >= 0.6 is 11.6 Å². The van der Waals surface area contributed by atoms with Crippen molar-refractivity contribution in [2.24, 2.45) is 0 Å². The number of carbonyl (C=O) groups excluding carboxylic acids is 2. The van der Waals surface area contributed by atoms with Gasteiger partial charge in [0.05, 0.1) is 22.7 Å². The maximum absolute atomic E-state index is 12.5. The van der Waals surface area contributed by atoms with Crippen LogP contribution in [0.2, 0.25) is 5.02 Å². The molecule has 2 aromatic rings. The minimum Gasteiger partial charge on any atom is -0.468 e. The summed E-state index contributed by atoms with van der Waals surface area (Å²) in [6, 6.07) is 11.8. The van der Waals surface area contributed by atoms with Crippen molar-refractivity contribution >= 4 is 39.2 Å². The average Bonchev–Trinajstić information content (AvgIpc) is 2.61. The first-order valence-electron chi connectivity index (χ1n) is 7.06. The van der Waals surface area contributed by atoms with E-state index in [1.165, 1.54) is 37.4 Å². The number of esters is 1. The van der Waals surface area contributed by atoms with E-state index < -0.39 is 21.9 Å². The van der Waals surface area contributed by atoms with Crippen LogP contribution in [0.3, 0.4) is 0 Å². The van der Waals surface area contributed by atoms with Crippen LogP contribution in [-0.4, -0.2) is 33.9 Å². The third-order valence-corrected chi connectivity index (χ3v) is 4.84. The Morgan fingerprint density at radius 3 is 2.52 bits per heavy atom. The van der Waals surface area contributed by atoms with Gasteiger partial charge < -0.3 is 10.1 Å². The predicted octanol–water partition coefficient (Wildman–Crippen LogP) is 2.04. The van der Waals surface area contributed by atoms with E-state index in [0.717, 1.165) is 0 Å². The molecule has 2 N–H and O–H groups in total. The van der Waals surface area contributed by atoms with Gasteiger partial charge in [0.1, 0.15) is 6.54 Å². The van der Waals surface area contributed by atoms with Gasteiger partial charge in [-0.3, -0.25) is 14.3 Å². The topological polar surface area (TPSA) is 102 Å². The summed E-state index contributed by atoms with van der Waals surface area (Å²) in [5, 5.41) is 2.59. The molecule has 0 aliphatic heterocycles. The maximum Gasteiger partial charge on any atom is 0.325 e. The van der Waals surface area contributed by atoms with Crippen LogP contribution in [0.25, 0.3) is 0 Å². The lowest BCUT2D eigenvalue weighted by Gasteiger charge is -2.10. The molecule has 2 aromatic carbocycles. The van der Waals surface area contributed by atoms with Gasteiger partial charge in [-0.25, -0.2) is 8.42 Å². The number of methoxy groups -OCH3 is 1. The minimum absolute atomic E-state index is 0.0888. The largest absolute Gasteiger partial charge is 0.468 e. The highest BCUT2D eigenvalue weighted by molar-refractivity contribution is 7.92. The molecule has 2 rings (SSSR count). The fourth-order valence-corrected chi connectivity index (χ4v) is 3.24. The predicted molar refractivity (Wildman–Crippen MR) is 93.1 cm³/mol. The molecule has 0 bridgehead atoms. The normalized spacial score (nSPS) is 10.8.